The molecule has 0 amide bonds. The Morgan fingerprint density at radius 2 is 0.958 bits per heavy atom. The van der Waals surface area contributed by atoms with Crippen molar-refractivity contribution in [1.82, 2.24) is 0 Å². The van der Waals surface area contributed by atoms with Gasteiger partial charge in [-0.2, -0.15) is 5.57 Å². The van der Waals surface area contributed by atoms with E-state index in [0.717, 1.165) is 6.42 Å². The summed E-state index contributed by atoms with van der Waals surface area (Å²) in [6.07, 6.45) is 6.34. The third-order valence-electron chi connectivity index (χ3n) is 8.20. The van der Waals surface area contributed by atoms with Gasteiger partial charge in [-0.15, -0.1) is 57.3 Å². The van der Waals surface area contributed by atoms with Gasteiger partial charge in [-0.05, 0) is 19.4 Å². The first-order chi connectivity index (χ1) is 22.6. The van der Waals surface area contributed by atoms with Crippen LogP contribution < -0.4 is 24.8 Å². The summed E-state index contributed by atoms with van der Waals surface area (Å²) in [5, 5.41) is 5.46. The summed E-state index contributed by atoms with van der Waals surface area (Å²) in [4.78, 5) is 0. The summed E-state index contributed by atoms with van der Waals surface area (Å²) < 4.78 is 1.42. The van der Waals surface area contributed by atoms with E-state index < -0.39 is 0 Å². The van der Waals surface area contributed by atoms with Gasteiger partial charge in [-0.1, -0.05) is 96.1 Å². The van der Waals surface area contributed by atoms with E-state index in [1.165, 1.54) is 93.5 Å². The van der Waals surface area contributed by atoms with Gasteiger partial charge in [0.25, 0.3) is 0 Å². The van der Waals surface area contributed by atoms with E-state index in [-0.39, 0.29) is 24.8 Å². The molecule has 48 heavy (non-hydrogen) atoms. The number of benzene rings is 6. The Balaban J connectivity index is 0.000000160. The van der Waals surface area contributed by atoms with Gasteiger partial charge in [0.2, 0.25) is 0 Å². The summed E-state index contributed by atoms with van der Waals surface area (Å²) in [5.74, 6) is 0. The number of halogens is 2. The van der Waals surface area contributed by atoms with Crippen molar-refractivity contribution in [2.75, 3.05) is 0 Å². The van der Waals surface area contributed by atoms with Gasteiger partial charge < -0.3 is 24.8 Å². The van der Waals surface area contributed by atoms with Crippen LogP contribution in [0.3, 0.4) is 0 Å². The van der Waals surface area contributed by atoms with Crippen LogP contribution in [0.25, 0.3) is 32.7 Å². The Morgan fingerprint density at radius 3 is 1.42 bits per heavy atom. The molecule has 0 nitrogen and oxygen atoms in total. The van der Waals surface area contributed by atoms with Crippen molar-refractivity contribution < 1.29 is 49.0 Å². The molecular weight excluding hydrogens is 703 g/mol. The SMILES string of the molecule is Cc1ccc2c(c1)[cH-]c1cc(C)ccc12.[C-]1=CC(c2ccccc2)=C(c2ccccc2)C1.[Cl-].[Cl-].[Zr+2]=[C](c1ccccc1)c1ccccc1. The van der Waals surface area contributed by atoms with E-state index in [1.54, 1.807) is 0 Å². The average Bonchev–Trinajstić information content (AvgIpc) is 3.75. The van der Waals surface area contributed by atoms with Crippen molar-refractivity contribution in [1.29, 1.82) is 0 Å². The van der Waals surface area contributed by atoms with Crippen LogP contribution in [0.5, 0.6) is 0 Å². The number of hydrogen-bond donors (Lipinski definition) is 0. The van der Waals surface area contributed by atoms with Gasteiger partial charge in [0.1, 0.15) is 0 Å². The third-order valence-corrected chi connectivity index (χ3v) is 9.62. The molecule has 3 heteroatoms. The van der Waals surface area contributed by atoms with Crippen LogP contribution in [-0.2, 0) is 24.2 Å². The molecule has 0 saturated heterocycles. The predicted octanol–water partition coefficient (Wildman–Crippen LogP) is 5.50. The van der Waals surface area contributed by atoms with Crippen LogP contribution in [0.15, 0.2) is 170 Å². The molecule has 0 aliphatic heterocycles. The molecule has 0 N–H and O–H groups in total. The number of aryl methyl sites for hydroxylation is 2. The van der Waals surface area contributed by atoms with Crippen molar-refractivity contribution >= 4 is 35.9 Å². The van der Waals surface area contributed by atoms with E-state index in [9.17, 15) is 0 Å². The molecule has 236 valence electrons. The molecule has 8 rings (SSSR count). The molecule has 1 aliphatic rings. The summed E-state index contributed by atoms with van der Waals surface area (Å²) in [7, 11) is 0. The summed E-state index contributed by atoms with van der Waals surface area (Å²) in [6, 6.07) is 57.8. The topological polar surface area (TPSA) is 0 Å². The Kier molecular flexibility index (Phi) is 13.8. The van der Waals surface area contributed by atoms with E-state index in [4.69, 9.17) is 0 Å². The summed E-state index contributed by atoms with van der Waals surface area (Å²) >= 11 is 1.46. The van der Waals surface area contributed by atoms with Crippen LogP contribution >= 0.6 is 0 Å². The van der Waals surface area contributed by atoms with Gasteiger partial charge in [0, 0.05) is 0 Å². The Bertz CT molecular complexity index is 2030. The van der Waals surface area contributed by atoms with Crippen molar-refractivity contribution in [2.24, 2.45) is 0 Å². The van der Waals surface area contributed by atoms with Gasteiger partial charge in [0.15, 0.2) is 0 Å². The molecule has 7 aromatic carbocycles. The van der Waals surface area contributed by atoms with E-state index in [2.05, 4.69) is 190 Å². The van der Waals surface area contributed by atoms with Crippen molar-refractivity contribution in [3.05, 3.63) is 209 Å². The van der Waals surface area contributed by atoms with Gasteiger partial charge in [-0.25, -0.2) is 6.08 Å². The monoisotopic (exact) mass is 736 g/mol. The van der Waals surface area contributed by atoms with Crippen LogP contribution in [0, 0.1) is 19.9 Å². The van der Waals surface area contributed by atoms with Gasteiger partial charge >= 0.3 is 99.2 Å². The number of hydrogen-bond acceptors (Lipinski definition) is 0. The summed E-state index contributed by atoms with van der Waals surface area (Å²) in [6.45, 7) is 4.28. The van der Waals surface area contributed by atoms with E-state index in [0.29, 0.717) is 0 Å². The normalized spacial score (nSPS) is 11.5. The maximum atomic E-state index is 3.32. The first-order valence-electron chi connectivity index (χ1n) is 15.7. The molecule has 0 unspecified atom stereocenters. The zero-order valence-corrected chi connectivity index (χ0v) is 31.1. The van der Waals surface area contributed by atoms with E-state index in [1.807, 2.05) is 0 Å². The first kappa shape index (κ1) is 36.8. The zero-order valence-electron chi connectivity index (χ0n) is 27.1. The molecule has 0 atom stereocenters. The first-order valence-corrected chi connectivity index (χ1v) is 17.0. The van der Waals surface area contributed by atoms with Crippen molar-refractivity contribution in [3.63, 3.8) is 0 Å². The Hall–Kier alpha value is -4.00. The standard InChI is InChI=1S/C17H13.C15H13.C13H10.2ClH.Zr/c1-3-8-14(9-4-1)16-12-7-13-17(16)15-10-5-2-6-11-15;1-10-3-5-14-12(7-10)9-13-8-11(2)4-6-15(13)14;1-3-7-12(8-4-1)11-13-9-5-2-6-10-13;;;/h1-6,8-12H,13H2;3-9H,1-2H3;1-10H;2*1H;/q2*-1;;;;+2/p-2. The molecule has 0 fully saturated rings. The van der Waals surface area contributed by atoms with Gasteiger partial charge in [-0.3, -0.25) is 6.08 Å². The van der Waals surface area contributed by atoms with Crippen LogP contribution in [0.2, 0.25) is 0 Å². The molecule has 0 bridgehead atoms. The number of fused-ring (bicyclic) bond motifs is 3. The van der Waals surface area contributed by atoms with Crippen molar-refractivity contribution in [3.8, 4) is 0 Å². The molecule has 0 heterocycles. The Morgan fingerprint density at radius 1 is 0.542 bits per heavy atom. The molecule has 0 saturated carbocycles. The molecule has 0 aromatic heterocycles. The second-order valence-electron chi connectivity index (χ2n) is 11.6. The van der Waals surface area contributed by atoms with Crippen LogP contribution in [0.4, 0.5) is 0 Å². The zero-order chi connectivity index (χ0) is 31.7. The minimum absolute atomic E-state index is 0. The quantitative estimate of drug-likeness (QED) is 0.210. The average molecular weight is 739 g/mol. The molecule has 0 radical (unpaired) electrons. The second-order valence-corrected chi connectivity index (χ2v) is 12.8. The maximum absolute atomic E-state index is 3.32. The number of rotatable bonds is 4. The summed E-state index contributed by atoms with van der Waals surface area (Å²) in [5.41, 5.74) is 10.6. The van der Waals surface area contributed by atoms with Crippen molar-refractivity contribution in [2.45, 2.75) is 20.3 Å². The molecule has 0 spiro atoms. The third kappa shape index (κ3) is 9.12. The fourth-order valence-electron chi connectivity index (χ4n) is 5.85. The Labute approximate surface area is 312 Å². The van der Waals surface area contributed by atoms with Crippen LogP contribution in [-0.4, -0.2) is 3.21 Å². The van der Waals surface area contributed by atoms with Gasteiger partial charge in [0.05, 0.1) is 0 Å². The second kappa shape index (κ2) is 18.0. The molecule has 7 aromatic rings. The fraction of sp³-hybridized carbons (Fsp3) is 0.0667. The number of allylic oxidation sites excluding steroid dienone is 4. The fourth-order valence-corrected chi connectivity index (χ4v) is 6.67. The molecular formula is C45H36Cl2Zr-2. The van der Waals surface area contributed by atoms with Crippen LogP contribution in [0.1, 0.15) is 39.8 Å². The predicted molar refractivity (Wildman–Crippen MR) is 195 cm³/mol. The minimum atomic E-state index is 0. The molecule has 1 aliphatic carbocycles. The van der Waals surface area contributed by atoms with E-state index >= 15 is 0 Å².